The first-order valence-corrected chi connectivity index (χ1v) is 10.2. The third-order valence-corrected chi connectivity index (χ3v) is 6.00. The van der Waals surface area contributed by atoms with Crippen molar-refractivity contribution in [1.29, 1.82) is 0 Å². The van der Waals surface area contributed by atoms with E-state index in [9.17, 15) is 9.18 Å². The van der Waals surface area contributed by atoms with Gasteiger partial charge in [-0.05, 0) is 25.2 Å². The van der Waals surface area contributed by atoms with Crippen LogP contribution in [0, 0.1) is 5.82 Å². The molecule has 1 amide bonds. The quantitative estimate of drug-likeness (QED) is 0.692. The Morgan fingerprint density at radius 2 is 2.14 bits per heavy atom. The molecule has 28 heavy (non-hydrogen) atoms. The van der Waals surface area contributed by atoms with E-state index in [4.69, 9.17) is 5.73 Å². The number of nitrogens with zero attached hydrogens (tertiary/aromatic N) is 5. The summed E-state index contributed by atoms with van der Waals surface area (Å²) in [4.78, 5) is 23.3. The van der Waals surface area contributed by atoms with E-state index in [2.05, 4.69) is 31.5 Å². The number of piperidine rings is 1. The molecular formula is C18H20FN7OS. The summed E-state index contributed by atoms with van der Waals surface area (Å²) in [5.41, 5.74) is 7.71. The number of carbonyl (C=O) groups is 1. The van der Waals surface area contributed by atoms with Gasteiger partial charge in [0.15, 0.2) is 17.3 Å². The molecule has 0 unspecified atom stereocenters. The Balaban J connectivity index is 1.60. The van der Waals surface area contributed by atoms with Crippen molar-refractivity contribution in [1.82, 2.24) is 19.6 Å². The third kappa shape index (κ3) is 3.47. The zero-order chi connectivity index (χ0) is 19.7. The summed E-state index contributed by atoms with van der Waals surface area (Å²) in [6, 6.07) is 1.75. The van der Waals surface area contributed by atoms with E-state index in [0.29, 0.717) is 10.9 Å². The second-order valence-corrected chi connectivity index (χ2v) is 7.71. The normalized spacial score (nSPS) is 15.1. The van der Waals surface area contributed by atoms with Gasteiger partial charge in [0.25, 0.3) is 5.91 Å². The second kappa shape index (κ2) is 7.63. The van der Waals surface area contributed by atoms with Crippen LogP contribution in [0.4, 0.5) is 21.6 Å². The first-order valence-electron chi connectivity index (χ1n) is 8.89. The summed E-state index contributed by atoms with van der Waals surface area (Å²) in [5, 5.41) is 7.53. The average molecular weight is 401 g/mol. The Bertz CT molecular complexity index is 1020. The van der Waals surface area contributed by atoms with Crippen molar-refractivity contribution >= 4 is 40.5 Å². The largest absolute Gasteiger partial charge is 0.381 e. The maximum Gasteiger partial charge on any atom is 0.263 e. The molecule has 1 fully saturated rings. The first kappa shape index (κ1) is 18.5. The fourth-order valence-electron chi connectivity index (χ4n) is 3.41. The summed E-state index contributed by atoms with van der Waals surface area (Å²) >= 11 is 1.89. The van der Waals surface area contributed by atoms with Gasteiger partial charge in [-0.1, -0.05) is 0 Å². The van der Waals surface area contributed by atoms with E-state index < -0.39 is 11.7 Å². The van der Waals surface area contributed by atoms with Gasteiger partial charge in [-0.25, -0.2) is 13.9 Å². The van der Waals surface area contributed by atoms with Crippen LogP contribution < -0.4 is 16.0 Å². The monoisotopic (exact) mass is 401 g/mol. The van der Waals surface area contributed by atoms with Gasteiger partial charge in [0.2, 0.25) is 0 Å². The minimum Gasteiger partial charge on any atom is -0.381 e. The lowest BCUT2D eigenvalue weighted by atomic mass is 10.1. The number of aromatic nitrogens is 4. The van der Waals surface area contributed by atoms with Crippen molar-refractivity contribution in [2.24, 2.45) is 0 Å². The maximum absolute atomic E-state index is 13.4. The number of halogens is 1. The Morgan fingerprint density at radius 1 is 1.36 bits per heavy atom. The predicted octanol–water partition coefficient (Wildman–Crippen LogP) is 2.43. The van der Waals surface area contributed by atoms with Crippen LogP contribution in [0.25, 0.3) is 5.65 Å². The number of carbonyl (C=O) groups excluding carboxylic acids is 1. The van der Waals surface area contributed by atoms with Gasteiger partial charge in [-0.2, -0.15) is 11.8 Å². The molecule has 3 aromatic heterocycles. The van der Waals surface area contributed by atoms with Gasteiger partial charge in [-0.15, -0.1) is 5.10 Å². The van der Waals surface area contributed by atoms with Crippen LogP contribution in [0.1, 0.15) is 23.2 Å². The molecule has 0 aliphatic carbocycles. The van der Waals surface area contributed by atoms with Crippen LogP contribution in [0.5, 0.6) is 0 Å². The number of hydrogen-bond donors (Lipinski definition) is 2. The minimum absolute atomic E-state index is 0.00742. The molecule has 10 heteroatoms. The highest BCUT2D eigenvalue weighted by atomic mass is 32.2. The summed E-state index contributed by atoms with van der Waals surface area (Å²) in [5.74, 6) is -1.02. The third-order valence-electron chi connectivity index (χ3n) is 4.86. The Labute approximate surface area is 165 Å². The molecule has 1 aliphatic rings. The molecule has 4 heterocycles. The highest BCUT2D eigenvalue weighted by Crippen LogP contribution is 2.30. The molecule has 1 saturated heterocycles. The van der Waals surface area contributed by atoms with Gasteiger partial charge >= 0.3 is 0 Å². The minimum atomic E-state index is -0.563. The first-order chi connectivity index (χ1) is 13.6. The number of nitrogens with one attached hydrogen (secondary N) is 1. The van der Waals surface area contributed by atoms with Gasteiger partial charge in [0, 0.05) is 24.5 Å². The number of pyridine rings is 1. The summed E-state index contributed by atoms with van der Waals surface area (Å²) < 4.78 is 14.5. The van der Waals surface area contributed by atoms with Crippen LogP contribution in [0.2, 0.25) is 0 Å². The van der Waals surface area contributed by atoms with Crippen LogP contribution >= 0.6 is 11.8 Å². The predicted molar refractivity (Wildman–Crippen MR) is 108 cm³/mol. The van der Waals surface area contributed by atoms with Crippen molar-refractivity contribution in [3.63, 3.8) is 0 Å². The number of amides is 1. The summed E-state index contributed by atoms with van der Waals surface area (Å²) in [6.45, 7) is 1.81. The molecule has 146 valence electrons. The van der Waals surface area contributed by atoms with Crippen LogP contribution in [-0.4, -0.2) is 50.1 Å². The molecular weight excluding hydrogens is 381 g/mol. The second-order valence-electron chi connectivity index (χ2n) is 6.57. The van der Waals surface area contributed by atoms with Crippen LogP contribution in [0.15, 0.2) is 30.9 Å². The van der Waals surface area contributed by atoms with Crippen molar-refractivity contribution in [3.8, 4) is 0 Å². The summed E-state index contributed by atoms with van der Waals surface area (Å²) in [7, 11) is 0. The number of nitrogen functional groups attached to an aromatic ring is 1. The van der Waals surface area contributed by atoms with Gasteiger partial charge < -0.3 is 16.0 Å². The Hall–Kier alpha value is -2.88. The molecule has 0 atom stereocenters. The van der Waals surface area contributed by atoms with E-state index in [1.54, 1.807) is 18.5 Å². The van der Waals surface area contributed by atoms with Crippen molar-refractivity contribution in [2.75, 3.05) is 35.3 Å². The van der Waals surface area contributed by atoms with E-state index in [1.807, 2.05) is 11.8 Å². The van der Waals surface area contributed by atoms with Crippen LogP contribution in [-0.2, 0) is 0 Å². The highest BCUT2D eigenvalue weighted by molar-refractivity contribution is 7.99. The molecule has 0 bridgehead atoms. The van der Waals surface area contributed by atoms with Crippen molar-refractivity contribution in [2.45, 2.75) is 18.1 Å². The topological polar surface area (TPSA) is 101 Å². The molecule has 1 aliphatic heterocycles. The number of anilines is 3. The van der Waals surface area contributed by atoms with E-state index >= 15 is 0 Å². The molecule has 4 rings (SSSR count). The zero-order valence-corrected chi connectivity index (χ0v) is 16.1. The van der Waals surface area contributed by atoms with E-state index in [0.717, 1.165) is 44.0 Å². The molecule has 0 saturated carbocycles. The molecule has 0 aromatic carbocycles. The lowest BCUT2D eigenvalue weighted by molar-refractivity contribution is 0.102. The molecule has 0 radical (unpaired) electrons. The average Bonchev–Trinajstić information content (AvgIpc) is 3.03. The smallest absolute Gasteiger partial charge is 0.263 e. The molecule has 3 aromatic rings. The van der Waals surface area contributed by atoms with Gasteiger partial charge in [-0.3, -0.25) is 9.78 Å². The molecule has 3 N–H and O–H groups in total. The zero-order valence-electron chi connectivity index (χ0n) is 15.3. The van der Waals surface area contributed by atoms with E-state index in [-0.39, 0.29) is 17.0 Å². The number of fused-ring (bicyclic) bond motifs is 1. The number of thioether (sulfide) groups is 1. The fraction of sp³-hybridized carbons (Fsp3) is 0.333. The Morgan fingerprint density at radius 3 is 2.89 bits per heavy atom. The lowest BCUT2D eigenvalue weighted by Gasteiger charge is -2.33. The van der Waals surface area contributed by atoms with E-state index in [1.165, 1.54) is 4.52 Å². The number of rotatable bonds is 4. The lowest BCUT2D eigenvalue weighted by Crippen LogP contribution is -2.35. The summed E-state index contributed by atoms with van der Waals surface area (Å²) in [6.07, 6.45) is 9.84. The SMILES string of the molecule is CSC1CCN(c2cnccc2NC(=O)c2c(N)nn3cc(F)cnc23)CC1. The highest BCUT2D eigenvalue weighted by Gasteiger charge is 2.24. The maximum atomic E-state index is 13.4. The molecule has 8 nitrogen and oxygen atoms in total. The van der Waals surface area contributed by atoms with Gasteiger partial charge in [0.1, 0.15) is 5.56 Å². The number of nitrogens with two attached hydrogens (primary N) is 1. The van der Waals surface area contributed by atoms with Gasteiger partial charge in [0.05, 0.1) is 30.0 Å². The van der Waals surface area contributed by atoms with Crippen molar-refractivity contribution in [3.05, 3.63) is 42.2 Å². The fourth-order valence-corrected chi connectivity index (χ4v) is 4.09. The van der Waals surface area contributed by atoms with Crippen LogP contribution in [0.3, 0.4) is 0 Å². The molecule has 0 spiro atoms. The standard InChI is InChI=1S/C18H20FN7OS/c1-28-12-3-6-25(7-4-12)14-9-21-5-2-13(14)23-18(27)15-16(20)24-26-10-11(19)8-22-17(15)26/h2,5,8-10,12H,3-4,6-7H2,1H3,(H2,20,24)(H,21,23,27). The van der Waals surface area contributed by atoms with Crippen molar-refractivity contribution < 1.29 is 9.18 Å². The Kier molecular flexibility index (Phi) is 5.03. The number of hydrogen-bond acceptors (Lipinski definition) is 7.